The van der Waals surface area contributed by atoms with E-state index in [4.69, 9.17) is 5.11 Å². The van der Waals surface area contributed by atoms with Gasteiger partial charge in [0, 0.05) is 10.8 Å². The second-order valence-electron chi connectivity index (χ2n) is 4.83. The number of aryl methyl sites for hydroxylation is 1. The lowest BCUT2D eigenvalue weighted by atomic mass is 9.92. The molecule has 0 amide bonds. The van der Waals surface area contributed by atoms with E-state index in [9.17, 15) is 4.79 Å². The molecule has 1 aromatic heterocycles. The summed E-state index contributed by atoms with van der Waals surface area (Å²) in [6, 6.07) is 6.26. The highest BCUT2D eigenvalue weighted by atomic mass is 32.1. The van der Waals surface area contributed by atoms with Crippen molar-refractivity contribution in [2.45, 2.75) is 26.2 Å². The summed E-state index contributed by atoms with van der Waals surface area (Å²) in [7, 11) is 0. The highest BCUT2D eigenvalue weighted by Gasteiger charge is 2.32. The predicted molar refractivity (Wildman–Crippen MR) is 73.3 cm³/mol. The van der Waals surface area contributed by atoms with Crippen molar-refractivity contribution in [3.63, 3.8) is 0 Å². The fourth-order valence-electron chi connectivity index (χ4n) is 2.79. The van der Waals surface area contributed by atoms with Gasteiger partial charge < -0.3 is 5.11 Å². The van der Waals surface area contributed by atoms with E-state index < -0.39 is 5.97 Å². The Kier molecular flexibility index (Phi) is 2.52. The molecule has 3 rings (SSSR count). The maximum absolute atomic E-state index is 11.1. The summed E-state index contributed by atoms with van der Waals surface area (Å²) in [6.07, 6.45) is 0.180. The summed E-state index contributed by atoms with van der Waals surface area (Å²) in [5, 5.41) is 11.1. The molecule has 0 saturated carbocycles. The van der Waals surface area contributed by atoms with Gasteiger partial charge in [-0.3, -0.25) is 4.79 Å². The summed E-state index contributed by atoms with van der Waals surface area (Å²) >= 11 is 1.72. The van der Waals surface area contributed by atoms with Crippen LogP contribution in [0.4, 0.5) is 0 Å². The molecule has 1 aliphatic carbocycles. The van der Waals surface area contributed by atoms with E-state index in [1.807, 2.05) is 0 Å². The van der Waals surface area contributed by atoms with Gasteiger partial charge in [0.1, 0.15) is 0 Å². The van der Waals surface area contributed by atoms with Crippen LogP contribution < -0.4 is 0 Å². The summed E-state index contributed by atoms with van der Waals surface area (Å²) in [4.78, 5) is 12.3. The molecule has 2 nitrogen and oxygen atoms in total. The molecule has 18 heavy (non-hydrogen) atoms. The Hall–Kier alpha value is -1.61. The average molecular weight is 258 g/mol. The molecule has 0 bridgehead atoms. The van der Waals surface area contributed by atoms with Gasteiger partial charge >= 0.3 is 5.97 Å². The van der Waals surface area contributed by atoms with Crippen molar-refractivity contribution in [1.82, 2.24) is 0 Å². The first-order valence-corrected chi connectivity index (χ1v) is 6.87. The number of hydrogen-bond acceptors (Lipinski definition) is 2. The maximum atomic E-state index is 11.1. The lowest BCUT2D eigenvalue weighted by Gasteiger charge is -2.12. The van der Waals surface area contributed by atoms with Gasteiger partial charge in [0.05, 0.1) is 6.42 Å². The topological polar surface area (TPSA) is 37.3 Å². The van der Waals surface area contributed by atoms with E-state index in [-0.39, 0.29) is 12.3 Å². The Morgan fingerprint density at radius 1 is 1.28 bits per heavy atom. The van der Waals surface area contributed by atoms with E-state index in [0.29, 0.717) is 0 Å². The third kappa shape index (κ3) is 1.51. The molecule has 1 N–H and O–H groups in total. The van der Waals surface area contributed by atoms with E-state index >= 15 is 0 Å². The van der Waals surface area contributed by atoms with Crippen LogP contribution in [0.5, 0.6) is 0 Å². The van der Waals surface area contributed by atoms with Crippen LogP contribution in [0.25, 0.3) is 10.4 Å². The number of rotatable bonds is 2. The smallest absolute Gasteiger partial charge is 0.304 e. The minimum absolute atomic E-state index is 0.0260. The average Bonchev–Trinajstić information content (AvgIpc) is 2.86. The lowest BCUT2D eigenvalue weighted by molar-refractivity contribution is -0.137. The Morgan fingerprint density at radius 2 is 2.06 bits per heavy atom. The quantitative estimate of drug-likeness (QED) is 0.885. The first-order chi connectivity index (χ1) is 8.59. The zero-order valence-corrected chi connectivity index (χ0v) is 11.2. The van der Waals surface area contributed by atoms with Gasteiger partial charge in [-0.15, -0.1) is 11.3 Å². The molecule has 1 aliphatic rings. The molecule has 92 valence electrons. The Bertz CT molecular complexity index is 640. The minimum Gasteiger partial charge on any atom is -0.481 e. The maximum Gasteiger partial charge on any atom is 0.304 e. The molecule has 0 spiro atoms. The third-order valence-corrected chi connectivity index (χ3v) is 4.77. The molecule has 2 aromatic rings. The second-order valence-corrected chi connectivity index (χ2v) is 5.74. The van der Waals surface area contributed by atoms with Crippen LogP contribution in [-0.2, 0) is 4.79 Å². The summed E-state index contributed by atoms with van der Waals surface area (Å²) in [6.45, 7) is 4.23. The second kappa shape index (κ2) is 3.95. The molecule has 1 aromatic carbocycles. The van der Waals surface area contributed by atoms with Crippen molar-refractivity contribution in [2.75, 3.05) is 0 Å². The number of aliphatic carboxylic acids is 1. The molecule has 3 heteroatoms. The van der Waals surface area contributed by atoms with Crippen LogP contribution in [-0.4, -0.2) is 11.1 Å². The standard InChI is InChI=1S/C15H14O2S/c1-8-3-4-10-12(7-13(16)17)11-5-6-18-15(11)14(10)9(8)2/h3-6,12H,7H2,1-2H3,(H,16,17). The molecule has 0 fully saturated rings. The van der Waals surface area contributed by atoms with Crippen LogP contribution in [0.3, 0.4) is 0 Å². The largest absolute Gasteiger partial charge is 0.481 e. The van der Waals surface area contributed by atoms with Gasteiger partial charge in [0.25, 0.3) is 0 Å². The number of hydrogen-bond donors (Lipinski definition) is 1. The van der Waals surface area contributed by atoms with Gasteiger partial charge in [-0.1, -0.05) is 12.1 Å². The fraction of sp³-hybridized carbons (Fsp3) is 0.267. The van der Waals surface area contributed by atoms with E-state index in [2.05, 4.69) is 37.4 Å². The number of fused-ring (bicyclic) bond motifs is 3. The first-order valence-electron chi connectivity index (χ1n) is 5.99. The van der Waals surface area contributed by atoms with Crippen LogP contribution in [0.1, 0.15) is 34.6 Å². The van der Waals surface area contributed by atoms with Gasteiger partial charge in [-0.2, -0.15) is 0 Å². The Morgan fingerprint density at radius 3 is 2.78 bits per heavy atom. The minimum atomic E-state index is -0.733. The molecule has 0 saturated heterocycles. The lowest BCUT2D eigenvalue weighted by Crippen LogP contribution is -2.05. The number of benzene rings is 1. The van der Waals surface area contributed by atoms with Crippen LogP contribution in [0, 0.1) is 13.8 Å². The monoisotopic (exact) mass is 258 g/mol. The van der Waals surface area contributed by atoms with Crippen LogP contribution in [0.2, 0.25) is 0 Å². The van der Waals surface area contributed by atoms with Crippen molar-refractivity contribution < 1.29 is 9.90 Å². The van der Waals surface area contributed by atoms with Crippen LogP contribution >= 0.6 is 11.3 Å². The van der Waals surface area contributed by atoms with Crippen molar-refractivity contribution >= 4 is 17.3 Å². The normalized spacial score (nSPS) is 16.4. The van der Waals surface area contributed by atoms with Gasteiger partial charge in [-0.25, -0.2) is 0 Å². The number of thiophene rings is 1. The SMILES string of the molecule is Cc1ccc2c(c1C)-c1sccc1C2CC(=O)O. The molecule has 1 heterocycles. The summed E-state index contributed by atoms with van der Waals surface area (Å²) in [5.41, 5.74) is 6.19. The van der Waals surface area contributed by atoms with Crippen molar-refractivity contribution in [3.05, 3.63) is 45.8 Å². The van der Waals surface area contributed by atoms with E-state index in [1.165, 1.54) is 32.7 Å². The summed E-state index contributed by atoms with van der Waals surface area (Å²) in [5.74, 6) is -0.707. The first kappa shape index (κ1) is 11.5. The molecular formula is C15H14O2S. The predicted octanol–water partition coefficient (Wildman–Crippen LogP) is 3.95. The molecular weight excluding hydrogens is 244 g/mol. The highest BCUT2D eigenvalue weighted by molar-refractivity contribution is 7.14. The zero-order valence-electron chi connectivity index (χ0n) is 10.4. The Balaban J connectivity index is 2.24. The van der Waals surface area contributed by atoms with Crippen molar-refractivity contribution in [2.24, 2.45) is 0 Å². The molecule has 1 atom stereocenters. The molecule has 0 aliphatic heterocycles. The Labute approximate surface area is 110 Å². The third-order valence-electron chi connectivity index (χ3n) is 3.82. The fourth-order valence-corrected chi connectivity index (χ4v) is 3.87. The van der Waals surface area contributed by atoms with Gasteiger partial charge in [-0.05, 0) is 53.1 Å². The molecule has 0 radical (unpaired) electrons. The van der Waals surface area contributed by atoms with E-state index in [0.717, 1.165) is 0 Å². The molecule has 1 unspecified atom stereocenters. The zero-order chi connectivity index (χ0) is 12.9. The number of carboxylic acid groups (broad SMARTS) is 1. The van der Waals surface area contributed by atoms with Gasteiger partial charge in [0.15, 0.2) is 0 Å². The van der Waals surface area contributed by atoms with Crippen LogP contribution in [0.15, 0.2) is 23.6 Å². The number of carbonyl (C=O) groups is 1. The highest BCUT2D eigenvalue weighted by Crippen LogP contribution is 2.50. The van der Waals surface area contributed by atoms with Gasteiger partial charge in [0.2, 0.25) is 0 Å². The van der Waals surface area contributed by atoms with E-state index in [1.54, 1.807) is 11.3 Å². The van der Waals surface area contributed by atoms with Crippen molar-refractivity contribution in [1.29, 1.82) is 0 Å². The van der Waals surface area contributed by atoms with Crippen molar-refractivity contribution in [3.8, 4) is 10.4 Å². The number of carboxylic acids is 1. The summed E-state index contributed by atoms with van der Waals surface area (Å²) < 4.78 is 0.